The smallest absolute Gasteiger partial charge is 0.264 e. The number of halogens is 1. The third-order valence-corrected chi connectivity index (χ3v) is 8.24. The molecular formula is C28H33ClN2O3S. The lowest BCUT2D eigenvalue weighted by atomic mass is 9.86. The maximum absolute atomic E-state index is 13.6. The van der Waals surface area contributed by atoms with Crippen LogP contribution in [0.25, 0.3) is 0 Å². The fraction of sp³-hybridized carbons (Fsp3) is 0.321. The molecule has 5 nitrogen and oxygen atoms in total. The van der Waals surface area contributed by atoms with Crippen molar-refractivity contribution in [1.29, 1.82) is 0 Å². The largest absolute Gasteiger partial charge is 0.348 e. The second-order valence-electron chi connectivity index (χ2n) is 9.87. The Kier molecular flexibility index (Phi) is 7.97. The summed E-state index contributed by atoms with van der Waals surface area (Å²) in [7, 11) is -4.01. The molecular weight excluding hydrogens is 480 g/mol. The first-order chi connectivity index (χ1) is 16.3. The highest BCUT2D eigenvalue weighted by Gasteiger charge is 2.29. The zero-order chi connectivity index (χ0) is 26.0. The molecule has 0 aromatic heterocycles. The number of nitrogens with zero attached hydrogens (tertiary/aromatic N) is 1. The van der Waals surface area contributed by atoms with E-state index in [2.05, 4.69) is 38.2 Å². The molecule has 3 aromatic rings. The van der Waals surface area contributed by atoms with Gasteiger partial charge in [-0.25, -0.2) is 8.42 Å². The number of carbonyl (C=O) groups is 1. The van der Waals surface area contributed by atoms with E-state index in [0.717, 1.165) is 15.4 Å². The van der Waals surface area contributed by atoms with Gasteiger partial charge in [-0.2, -0.15) is 0 Å². The van der Waals surface area contributed by atoms with Crippen LogP contribution in [0, 0.1) is 13.8 Å². The van der Waals surface area contributed by atoms with Crippen LogP contribution in [-0.4, -0.2) is 20.9 Å². The summed E-state index contributed by atoms with van der Waals surface area (Å²) in [5, 5.41) is 3.37. The van der Waals surface area contributed by atoms with Crippen LogP contribution >= 0.6 is 11.6 Å². The molecule has 186 valence electrons. The van der Waals surface area contributed by atoms with Crippen LogP contribution in [0.2, 0.25) is 5.02 Å². The molecule has 1 unspecified atom stereocenters. The highest BCUT2D eigenvalue weighted by molar-refractivity contribution is 7.92. The van der Waals surface area contributed by atoms with Gasteiger partial charge >= 0.3 is 0 Å². The molecule has 1 atom stereocenters. The molecule has 3 aromatic carbocycles. The summed E-state index contributed by atoms with van der Waals surface area (Å²) in [6.45, 7) is 11.6. The van der Waals surface area contributed by atoms with Gasteiger partial charge in [0.15, 0.2) is 0 Å². The number of sulfonamides is 1. The minimum Gasteiger partial charge on any atom is -0.348 e. The van der Waals surface area contributed by atoms with Crippen molar-refractivity contribution >= 4 is 33.2 Å². The monoisotopic (exact) mass is 512 g/mol. The first-order valence-corrected chi connectivity index (χ1v) is 13.4. The predicted molar refractivity (Wildman–Crippen MR) is 144 cm³/mol. The van der Waals surface area contributed by atoms with Crippen LogP contribution in [0.5, 0.6) is 0 Å². The SMILES string of the molecule is Cc1ccc(S(=O)(=O)N(CC(=O)NC(C)c2ccc(C(C)(C)C)cc2)c2cccc(Cl)c2C)cc1. The topological polar surface area (TPSA) is 66.5 Å². The third-order valence-electron chi connectivity index (χ3n) is 6.06. The maximum atomic E-state index is 13.6. The molecule has 1 amide bonds. The van der Waals surface area contributed by atoms with E-state index in [1.54, 1.807) is 49.4 Å². The Morgan fingerprint density at radius 2 is 1.57 bits per heavy atom. The summed E-state index contributed by atoms with van der Waals surface area (Å²) in [6.07, 6.45) is 0. The first-order valence-electron chi connectivity index (χ1n) is 11.5. The normalized spacial score (nSPS) is 12.8. The number of rotatable bonds is 7. The van der Waals surface area contributed by atoms with Crippen LogP contribution in [0.4, 0.5) is 5.69 Å². The van der Waals surface area contributed by atoms with E-state index in [0.29, 0.717) is 16.3 Å². The summed E-state index contributed by atoms with van der Waals surface area (Å²) in [6, 6.07) is 19.4. The summed E-state index contributed by atoms with van der Waals surface area (Å²) in [5.74, 6) is -0.410. The molecule has 0 aliphatic heterocycles. The lowest BCUT2D eigenvalue weighted by Gasteiger charge is -2.27. The number of benzene rings is 3. The molecule has 0 radical (unpaired) electrons. The second-order valence-corrected chi connectivity index (χ2v) is 12.1. The van der Waals surface area contributed by atoms with Gasteiger partial charge in [0.1, 0.15) is 6.54 Å². The highest BCUT2D eigenvalue weighted by Crippen LogP contribution is 2.31. The van der Waals surface area contributed by atoms with Crippen LogP contribution in [-0.2, 0) is 20.2 Å². The summed E-state index contributed by atoms with van der Waals surface area (Å²) in [4.78, 5) is 13.2. The summed E-state index contributed by atoms with van der Waals surface area (Å²) < 4.78 is 28.4. The molecule has 0 spiro atoms. The fourth-order valence-corrected chi connectivity index (χ4v) is 5.42. The number of nitrogens with one attached hydrogen (secondary N) is 1. The predicted octanol–water partition coefficient (Wildman–Crippen LogP) is 6.33. The Morgan fingerprint density at radius 3 is 2.14 bits per heavy atom. The molecule has 3 rings (SSSR count). The van der Waals surface area contributed by atoms with E-state index in [-0.39, 0.29) is 22.9 Å². The first kappa shape index (κ1) is 26.8. The third kappa shape index (κ3) is 6.24. The second kappa shape index (κ2) is 10.4. The zero-order valence-electron chi connectivity index (χ0n) is 21.1. The number of amides is 1. The average molecular weight is 513 g/mol. The summed E-state index contributed by atoms with van der Waals surface area (Å²) >= 11 is 6.30. The average Bonchev–Trinajstić information content (AvgIpc) is 2.79. The van der Waals surface area contributed by atoms with Gasteiger partial charge in [-0.15, -0.1) is 0 Å². The zero-order valence-corrected chi connectivity index (χ0v) is 22.7. The van der Waals surface area contributed by atoms with E-state index < -0.39 is 15.9 Å². The molecule has 0 aliphatic rings. The standard InChI is InChI=1S/C28H33ClN2O3S/c1-19-10-16-24(17-11-19)35(33,34)31(26-9-7-8-25(29)20(26)2)18-27(32)30-21(3)22-12-14-23(15-13-22)28(4,5)6/h7-17,21H,18H2,1-6H3,(H,30,32). The van der Waals surface area contributed by atoms with Crippen molar-refractivity contribution in [1.82, 2.24) is 5.32 Å². The van der Waals surface area contributed by atoms with Gasteiger partial charge in [0.2, 0.25) is 5.91 Å². The molecule has 0 aliphatic carbocycles. The number of aryl methyl sites for hydroxylation is 1. The van der Waals surface area contributed by atoms with Gasteiger partial charge in [-0.1, -0.05) is 80.4 Å². The summed E-state index contributed by atoms with van der Waals surface area (Å²) in [5.41, 5.74) is 4.08. The van der Waals surface area contributed by atoms with Crippen molar-refractivity contribution in [3.05, 3.63) is 94.0 Å². The quantitative estimate of drug-likeness (QED) is 0.402. The molecule has 0 saturated heterocycles. The van der Waals surface area contributed by atoms with Gasteiger partial charge in [0.25, 0.3) is 10.0 Å². The van der Waals surface area contributed by atoms with Gasteiger partial charge in [-0.05, 0) is 67.1 Å². The molecule has 0 fully saturated rings. The highest BCUT2D eigenvalue weighted by atomic mass is 35.5. The van der Waals surface area contributed by atoms with Crippen LogP contribution in [0.1, 0.15) is 56.0 Å². The lowest BCUT2D eigenvalue weighted by Crippen LogP contribution is -2.42. The van der Waals surface area contributed by atoms with Crippen molar-refractivity contribution < 1.29 is 13.2 Å². The fourth-order valence-electron chi connectivity index (χ4n) is 3.78. The van der Waals surface area contributed by atoms with Crippen LogP contribution < -0.4 is 9.62 Å². The Labute approximate surface area is 214 Å². The lowest BCUT2D eigenvalue weighted by molar-refractivity contribution is -0.120. The van der Waals surface area contributed by atoms with E-state index in [9.17, 15) is 13.2 Å². The molecule has 1 N–H and O–H groups in total. The molecule has 7 heteroatoms. The number of hydrogen-bond acceptors (Lipinski definition) is 3. The van der Waals surface area contributed by atoms with E-state index in [4.69, 9.17) is 11.6 Å². The Morgan fingerprint density at radius 1 is 0.971 bits per heavy atom. The van der Waals surface area contributed by atoms with Crippen molar-refractivity contribution in [2.24, 2.45) is 0 Å². The minimum absolute atomic E-state index is 0.0324. The Hall–Kier alpha value is -2.83. The number of anilines is 1. The van der Waals surface area contributed by atoms with Crippen LogP contribution in [0.3, 0.4) is 0 Å². The van der Waals surface area contributed by atoms with Crippen molar-refractivity contribution in [2.45, 2.75) is 57.9 Å². The van der Waals surface area contributed by atoms with E-state index in [1.165, 1.54) is 5.56 Å². The molecule has 35 heavy (non-hydrogen) atoms. The van der Waals surface area contributed by atoms with Crippen molar-refractivity contribution in [3.8, 4) is 0 Å². The number of hydrogen-bond donors (Lipinski definition) is 1. The van der Waals surface area contributed by atoms with Gasteiger partial charge < -0.3 is 5.32 Å². The molecule has 0 bridgehead atoms. The van der Waals surface area contributed by atoms with Gasteiger partial charge in [0, 0.05) is 5.02 Å². The Bertz CT molecular complexity index is 1300. The molecule has 0 heterocycles. The maximum Gasteiger partial charge on any atom is 0.264 e. The minimum atomic E-state index is -4.01. The van der Waals surface area contributed by atoms with E-state index >= 15 is 0 Å². The molecule has 0 saturated carbocycles. The van der Waals surface area contributed by atoms with Gasteiger partial charge in [-0.3, -0.25) is 9.10 Å². The van der Waals surface area contributed by atoms with Crippen LogP contribution in [0.15, 0.2) is 71.6 Å². The van der Waals surface area contributed by atoms with E-state index in [1.807, 2.05) is 26.0 Å². The van der Waals surface area contributed by atoms with Crippen molar-refractivity contribution in [3.63, 3.8) is 0 Å². The van der Waals surface area contributed by atoms with Gasteiger partial charge in [0.05, 0.1) is 16.6 Å². The number of carbonyl (C=O) groups excluding carboxylic acids is 1. The van der Waals surface area contributed by atoms with Crippen molar-refractivity contribution in [2.75, 3.05) is 10.8 Å². The Balaban J connectivity index is 1.89.